The first-order chi connectivity index (χ1) is 17.0. The molecule has 1 saturated heterocycles. The number of aryl methyl sites for hydroxylation is 2. The number of benzene rings is 2. The van der Waals surface area contributed by atoms with Gasteiger partial charge in [0.15, 0.2) is 5.84 Å². The highest BCUT2D eigenvalue weighted by Gasteiger charge is 2.53. The van der Waals surface area contributed by atoms with Crippen molar-refractivity contribution in [2.45, 2.75) is 38.8 Å². The maximum atomic E-state index is 14.4. The number of hydrogen-bond donors (Lipinski definition) is 0. The van der Waals surface area contributed by atoms with Gasteiger partial charge in [0.25, 0.3) is 0 Å². The highest BCUT2D eigenvalue weighted by molar-refractivity contribution is 6.03. The molecule has 0 radical (unpaired) electrons. The third-order valence-corrected chi connectivity index (χ3v) is 6.97. The quantitative estimate of drug-likeness (QED) is 0.529. The molecule has 4 heterocycles. The molecule has 1 fully saturated rings. The zero-order chi connectivity index (χ0) is 24.2. The molecule has 35 heavy (non-hydrogen) atoms. The van der Waals surface area contributed by atoms with Crippen LogP contribution in [0.5, 0.6) is 11.5 Å². The first-order valence-corrected chi connectivity index (χ1v) is 11.9. The van der Waals surface area contributed by atoms with Crippen molar-refractivity contribution in [3.8, 4) is 17.2 Å². The molecule has 0 amide bonds. The molecule has 0 bridgehead atoms. The van der Waals surface area contributed by atoms with Crippen LogP contribution in [0.3, 0.4) is 0 Å². The van der Waals surface area contributed by atoms with Crippen LogP contribution in [-0.4, -0.2) is 40.5 Å². The molecule has 7 nitrogen and oxygen atoms in total. The monoisotopic (exact) mass is 474 g/mol. The molecular weight excluding hydrogens is 447 g/mol. The molecule has 0 N–H and O–H groups in total. The SMILES string of the molecule is COc1cc(C=C2CCCN3C2=NOC32CCOc3c(C)cc(F)cc32)ccc1-n1cnc(C)c1. The topological polar surface area (TPSA) is 61.1 Å². The second-order valence-corrected chi connectivity index (χ2v) is 9.27. The van der Waals surface area contributed by atoms with Gasteiger partial charge in [-0.3, -0.25) is 0 Å². The number of fused-ring (bicyclic) bond motifs is 4. The number of ether oxygens (including phenoxy) is 2. The second kappa shape index (κ2) is 8.15. The van der Waals surface area contributed by atoms with Crippen LogP contribution in [0.25, 0.3) is 11.8 Å². The molecule has 1 aromatic heterocycles. The Balaban J connectivity index is 1.35. The van der Waals surface area contributed by atoms with Crippen LogP contribution >= 0.6 is 0 Å². The first-order valence-electron chi connectivity index (χ1n) is 11.9. The smallest absolute Gasteiger partial charge is 0.244 e. The van der Waals surface area contributed by atoms with Crippen LogP contribution in [0.4, 0.5) is 4.39 Å². The van der Waals surface area contributed by atoms with Gasteiger partial charge in [0.1, 0.15) is 17.3 Å². The fourth-order valence-electron chi connectivity index (χ4n) is 5.35. The second-order valence-electron chi connectivity index (χ2n) is 9.27. The number of hydrogen-bond acceptors (Lipinski definition) is 6. The predicted molar refractivity (Wildman–Crippen MR) is 130 cm³/mol. The number of methoxy groups -OCH3 is 1. The van der Waals surface area contributed by atoms with E-state index in [1.54, 1.807) is 13.4 Å². The van der Waals surface area contributed by atoms with Gasteiger partial charge >= 0.3 is 0 Å². The summed E-state index contributed by atoms with van der Waals surface area (Å²) >= 11 is 0. The summed E-state index contributed by atoms with van der Waals surface area (Å²) in [6.45, 7) is 5.10. The van der Waals surface area contributed by atoms with Gasteiger partial charge in [0.05, 0.1) is 37.0 Å². The Morgan fingerprint density at radius 2 is 2.09 bits per heavy atom. The average Bonchev–Trinajstić information content (AvgIpc) is 3.45. The Morgan fingerprint density at radius 3 is 2.89 bits per heavy atom. The minimum absolute atomic E-state index is 0.295. The third-order valence-electron chi connectivity index (χ3n) is 6.97. The number of imidazole rings is 1. The summed E-state index contributed by atoms with van der Waals surface area (Å²) in [5, 5.41) is 4.53. The molecule has 3 aromatic rings. The lowest BCUT2D eigenvalue weighted by Crippen LogP contribution is -2.51. The lowest BCUT2D eigenvalue weighted by molar-refractivity contribution is -0.128. The van der Waals surface area contributed by atoms with Crippen LogP contribution in [0.15, 0.2) is 53.6 Å². The normalized spacial score (nSPS) is 21.9. The van der Waals surface area contributed by atoms with Crippen molar-refractivity contribution in [2.75, 3.05) is 20.3 Å². The highest BCUT2D eigenvalue weighted by Crippen LogP contribution is 2.49. The number of rotatable bonds is 3. The van der Waals surface area contributed by atoms with E-state index in [4.69, 9.17) is 14.3 Å². The minimum Gasteiger partial charge on any atom is -0.495 e. The molecule has 1 spiro atoms. The molecule has 1 unspecified atom stereocenters. The van der Waals surface area contributed by atoms with Crippen molar-refractivity contribution < 1.29 is 18.7 Å². The number of amidine groups is 1. The maximum Gasteiger partial charge on any atom is 0.244 e. The van der Waals surface area contributed by atoms with Gasteiger partial charge in [-0.1, -0.05) is 11.2 Å². The van der Waals surface area contributed by atoms with Crippen LogP contribution < -0.4 is 9.47 Å². The summed E-state index contributed by atoms with van der Waals surface area (Å²) in [7, 11) is 1.67. The van der Waals surface area contributed by atoms with Crippen molar-refractivity contribution in [3.63, 3.8) is 0 Å². The van der Waals surface area contributed by atoms with Gasteiger partial charge in [-0.05, 0) is 73.7 Å². The molecule has 0 aliphatic carbocycles. The molecule has 8 heteroatoms. The zero-order valence-corrected chi connectivity index (χ0v) is 20.0. The molecule has 3 aliphatic rings. The fourth-order valence-corrected chi connectivity index (χ4v) is 5.35. The first kappa shape index (κ1) is 21.7. The Kier molecular flexibility index (Phi) is 5.05. The van der Waals surface area contributed by atoms with Crippen LogP contribution in [0, 0.1) is 19.7 Å². The zero-order valence-electron chi connectivity index (χ0n) is 20.0. The summed E-state index contributed by atoms with van der Waals surface area (Å²) in [6, 6.07) is 9.14. The van der Waals surface area contributed by atoms with Gasteiger partial charge in [0, 0.05) is 19.2 Å². The van der Waals surface area contributed by atoms with Gasteiger partial charge < -0.3 is 23.8 Å². The third kappa shape index (κ3) is 3.47. The molecular formula is C27H27FN4O3. The summed E-state index contributed by atoms with van der Waals surface area (Å²) in [4.78, 5) is 12.6. The van der Waals surface area contributed by atoms with E-state index in [2.05, 4.69) is 27.2 Å². The number of oxime groups is 1. The van der Waals surface area contributed by atoms with E-state index in [0.717, 1.165) is 59.1 Å². The van der Waals surface area contributed by atoms with E-state index < -0.39 is 5.72 Å². The standard InChI is InChI=1S/C27H27FN4O3/c1-17-11-21(28)14-22-25(17)34-10-8-27(22)32-9-4-5-20(26(32)30-35-27)12-19-6-7-23(24(13-19)33-3)31-15-18(2)29-16-31/h6-7,11-16H,4-5,8-10H2,1-3H3. The van der Waals surface area contributed by atoms with E-state index in [-0.39, 0.29) is 5.82 Å². The Morgan fingerprint density at radius 1 is 1.20 bits per heavy atom. The maximum absolute atomic E-state index is 14.4. The molecule has 3 aliphatic heterocycles. The number of piperidine rings is 1. The van der Waals surface area contributed by atoms with Crippen molar-refractivity contribution in [2.24, 2.45) is 5.16 Å². The van der Waals surface area contributed by atoms with Crippen molar-refractivity contribution in [3.05, 3.63) is 76.6 Å². The molecule has 180 valence electrons. The van der Waals surface area contributed by atoms with Gasteiger partial charge in [0.2, 0.25) is 5.72 Å². The van der Waals surface area contributed by atoms with Crippen molar-refractivity contribution >= 4 is 11.9 Å². The average molecular weight is 475 g/mol. The van der Waals surface area contributed by atoms with Crippen molar-refractivity contribution in [1.29, 1.82) is 0 Å². The van der Waals surface area contributed by atoms with Gasteiger partial charge in [-0.15, -0.1) is 0 Å². The molecule has 6 rings (SSSR count). The van der Waals surface area contributed by atoms with E-state index in [1.165, 1.54) is 12.1 Å². The Hall–Kier alpha value is -3.81. The molecule has 1 atom stereocenters. The summed E-state index contributed by atoms with van der Waals surface area (Å²) < 4.78 is 28.0. The van der Waals surface area contributed by atoms with Crippen molar-refractivity contribution in [1.82, 2.24) is 14.5 Å². The Bertz CT molecular complexity index is 1380. The predicted octanol–water partition coefficient (Wildman–Crippen LogP) is 5.10. The minimum atomic E-state index is -0.837. The largest absolute Gasteiger partial charge is 0.495 e. The van der Waals surface area contributed by atoms with Crippen LogP contribution in [0.2, 0.25) is 0 Å². The van der Waals surface area contributed by atoms with E-state index in [9.17, 15) is 4.39 Å². The number of halogens is 1. The Labute approximate surface area is 203 Å². The van der Waals surface area contributed by atoms with E-state index in [1.807, 2.05) is 36.7 Å². The summed E-state index contributed by atoms with van der Waals surface area (Å²) in [5.74, 6) is 1.96. The molecule has 2 aromatic carbocycles. The number of aromatic nitrogens is 2. The van der Waals surface area contributed by atoms with E-state index >= 15 is 0 Å². The van der Waals surface area contributed by atoms with Gasteiger partial charge in [-0.2, -0.15) is 0 Å². The summed E-state index contributed by atoms with van der Waals surface area (Å²) in [5.41, 5.74) is 4.61. The summed E-state index contributed by atoms with van der Waals surface area (Å²) in [6.07, 6.45) is 8.29. The number of nitrogens with zero attached hydrogens (tertiary/aromatic N) is 4. The fraction of sp³-hybridized carbons (Fsp3) is 0.333. The van der Waals surface area contributed by atoms with Gasteiger partial charge in [-0.25, -0.2) is 9.37 Å². The lowest BCUT2D eigenvalue weighted by atomic mass is 9.89. The van der Waals surface area contributed by atoms with Crippen LogP contribution in [-0.2, 0) is 10.6 Å². The van der Waals surface area contributed by atoms with E-state index in [0.29, 0.717) is 24.3 Å². The lowest BCUT2D eigenvalue weighted by Gasteiger charge is -2.43. The van der Waals surface area contributed by atoms with Crippen LogP contribution in [0.1, 0.15) is 41.6 Å². The molecule has 0 saturated carbocycles. The highest BCUT2D eigenvalue weighted by atomic mass is 19.1.